The zero-order valence-electron chi connectivity index (χ0n) is 17.8. The number of hydrogen-bond donors (Lipinski definition) is 3. The molecule has 28 heavy (non-hydrogen) atoms. The Kier molecular flexibility index (Phi) is 7.38. The van der Waals surface area contributed by atoms with Crippen molar-refractivity contribution in [3.8, 4) is 0 Å². The number of allylic oxidation sites excluding steroid dienone is 3. The van der Waals surface area contributed by atoms with Crippen LogP contribution in [0.4, 0.5) is 0 Å². The highest BCUT2D eigenvalue weighted by atomic mass is 16.5. The van der Waals surface area contributed by atoms with Crippen molar-refractivity contribution in [2.24, 2.45) is 23.2 Å². The van der Waals surface area contributed by atoms with Crippen molar-refractivity contribution < 1.29 is 15.1 Å². The average molecular weight is 390 g/mol. The summed E-state index contributed by atoms with van der Waals surface area (Å²) in [5.41, 5.74) is 5.18. The van der Waals surface area contributed by atoms with Crippen molar-refractivity contribution in [1.29, 1.82) is 0 Å². The van der Waals surface area contributed by atoms with E-state index in [0.29, 0.717) is 23.7 Å². The molecule has 3 aliphatic carbocycles. The number of rotatable bonds is 6. The fraction of sp³-hybridized carbons (Fsp3) is 0.792. The molecule has 0 aromatic carbocycles. The molecular formula is C24H39NO3. The van der Waals surface area contributed by atoms with Crippen LogP contribution in [0.25, 0.3) is 0 Å². The number of nitrogens with one attached hydrogen (secondary N) is 1. The first kappa shape index (κ1) is 21.6. The quantitative estimate of drug-likeness (QED) is 0.426. The molecule has 3 saturated carbocycles. The van der Waals surface area contributed by atoms with Gasteiger partial charge in [0.1, 0.15) is 0 Å². The van der Waals surface area contributed by atoms with Gasteiger partial charge in [-0.1, -0.05) is 37.1 Å². The number of amides is 1. The van der Waals surface area contributed by atoms with Gasteiger partial charge in [0.15, 0.2) is 0 Å². The van der Waals surface area contributed by atoms with Crippen LogP contribution in [0.5, 0.6) is 0 Å². The average Bonchev–Trinajstić information content (AvgIpc) is 3.03. The topological polar surface area (TPSA) is 69.6 Å². The van der Waals surface area contributed by atoms with Crippen molar-refractivity contribution in [3.63, 3.8) is 0 Å². The predicted octanol–water partition coefficient (Wildman–Crippen LogP) is 5.30. The van der Waals surface area contributed by atoms with Crippen molar-refractivity contribution in [2.45, 2.75) is 97.0 Å². The fourth-order valence-corrected chi connectivity index (χ4v) is 6.50. The van der Waals surface area contributed by atoms with Crippen LogP contribution in [0.15, 0.2) is 23.3 Å². The lowest BCUT2D eigenvalue weighted by atomic mass is 9.60. The third-order valence-corrected chi connectivity index (χ3v) is 7.98. The Labute approximate surface area is 170 Å². The summed E-state index contributed by atoms with van der Waals surface area (Å²) < 4.78 is 0. The monoisotopic (exact) mass is 389 g/mol. The van der Waals surface area contributed by atoms with E-state index in [9.17, 15) is 9.90 Å². The van der Waals surface area contributed by atoms with Gasteiger partial charge in [-0.15, -0.1) is 0 Å². The van der Waals surface area contributed by atoms with E-state index in [-0.39, 0.29) is 12.0 Å². The normalized spacial score (nSPS) is 37.1. The smallest absolute Gasteiger partial charge is 0.243 e. The summed E-state index contributed by atoms with van der Waals surface area (Å²) in [7, 11) is 0. The summed E-state index contributed by atoms with van der Waals surface area (Å²) in [4.78, 5) is 11.3. The molecule has 0 bridgehead atoms. The van der Waals surface area contributed by atoms with Crippen LogP contribution < -0.4 is 5.48 Å². The van der Waals surface area contributed by atoms with E-state index in [1.807, 2.05) is 0 Å². The van der Waals surface area contributed by atoms with Gasteiger partial charge in [-0.05, 0) is 93.8 Å². The molecule has 1 amide bonds. The van der Waals surface area contributed by atoms with Gasteiger partial charge < -0.3 is 5.11 Å². The highest BCUT2D eigenvalue weighted by Crippen LogP contribution is 2.59. The molecule has 158 valence electrons. The van der Waals surface area contributed by atoms with E-state index in [1.54, 1.807) is 11.1 Å². The zero-order valence-corrected chi connectivity index (χ0v) is 17.8. The first-order valence-corrected chi connectivity index (χ1v) is 11.4. The molecular weight excluding hydrogens is 350 g/mol. The number of aliphatic hydroxyl groups excluding tert-OH is 1. The van der Waals surface area contributed by atoms with E-state index in [1.165, 1.54) is 37.7 Å². The Bertz CT molecular complexity index is 611. The number of carbonyl (C=O) groups excluding carboxylic acids is 1. The molecule has 4 heteroatoms. The predicted molar refractivity (Wildman–Crippen MR) is 112 cm³/mol. The minimum absolute atomic E-state index is 0.139. The molecule has 0 aromatic heterocycles. The molecule has 0 radical (unpaired) electrons. The SMILES string of the molecule is C[C@H](CCCC(=O)NO)C1CCC2/C(=C/C=C3/CCC[C@H](O)C3)CCC[C@@]21C. The van der Waals surface area contributed by atoms with E-state index in [4.69, 9.17) is 5.21 Å². The van der Waals surface area contributed by atoms with Crippen molar-refractivity contribution >= 4 is 5.91 Å². The molecule has 3 rings (SSSR count). The van der Waals surface area contributed by atoms with Crippen LogP contribution in [0.3, 0.4) is 0 Å². The second-order valence-corrected chi connectivity index (χ2v) is 9.82. The van der Waals surface area contributed by atoms with Gasteiger partial charge in [-0.25, -0.2) is 5.48 Å². The Hall–Kier alpha value is -1.13. The molecule has 0 saturated heterocycles. The Morgan fingerprint density at radius 1 is 1.25 bits per heavy atom. The molecule has 3 aliphatic rings. The van der Waals surface area contributed by atoms with Crippen LogP contribution in [-0.4, -0.2) is 22.3 Å². The van der Waals surface area contributed by atoms with Crippen LogP contribution >= 0.6 is 0 Å². The fourth-order valence-electron chi connectivity index (χ4n) is 6.50. The van der Waals surface area contributed by atoms with Gasteiger partial charge in [-0.3, -0.25) is 10.0 Å². The summed E-state index contributed by atoms with van der Waals surface area (Å²) in [5.74, 6) is 1.77. The molecule has 0 spiro atoms. The molecule has 0 aliphatic heterocycles. The van der Waals surface area contributed by atoms with Gasteiger partial charge in [0.2, 0.25) is 5.91 Å². The van der Waals surface area contributed by atoms with Gasteiger partial charge in [0.25, 0.3) is 0 Å². The number of hydrogen-bond acceptors (Lipinski definition) is 3. The summed E-state index contributed by atoms with van der Waals surface area (Å²) in [6.07, 6.45) is 17.4. The van der Waals surface area contributed by atoms with Gasteiger partial charge >= 0.3 is 0 Å². The largest absolute Gasteiger partial charge is 0.393 e. The first-order chi connectivity index (χ1) is 13.4. The highest BCUT2D eigenvalue weighted by molar-refractivity contribution is 5.74. The van der Waals surface area contributed by atoms with Crippen molar-refractivity contribution in [3.05, 3.63) is 23.3 Å². The summed E-state index contributed by atoms with van der Waals surface area (Å²) >= 11 is 0. The number of hydroxylamine groups is 1. The Morgan fingerprint density at radius 2 is 2.07 bits per heavy atom. The maximum atomic E-state index is 11.3. The van der Waals surface area contributed by atoms with Crippen LogP contribution in [0, 0.1) is 23.2 Å². The first-order valence-electron chi connectivity index (χ1n) is 11.4. The van der Waals surface area contributed by atoms with Gasteiger partial charge in [0, 0.05) is 6.42 Å². The third kappa shape index (κ3) is 4.88. The molecule has 4 nitrogen and oxygen atoms in total. The zero-order chi connectivity index (χ0) is 20.1. The molecule has 3 fully saturated rings. The maximum Gasteiger partial charge on any atom is 0.243 e. The minimum atomic E-state index is -0.272. The van der Waals surface area contributed by atoms with Gasteiger partial charge in [0.05, 0.1) is 6.10 Å². The second-order valence-electron chi connectivity index (χ2n) is 9.82. The van der Waals surface area contributed by atoms with E-state index >= 15 is 0 Å². The standard InChI is InChI=1S/C24H39NO3/c1-17(6-3-10-23(27)25-28)21-13-14-22-19(8-5-15-24(21,22)2)12-11-18-7-4-9-20(26)16-18/h11-12,17,20-22,26,28H,3-10,13-16H2,1-2H3,(H,25,27)/b18-11-,19-12+/t17-,20+,21?,22?,24-/m1/s1. The number of aliphatic hydroxyl groups is 1. The van der Waals surface area contributed by atoms with Crippen LogP contribution in [-0.2, 0) is 4.79 Å². The van der Waals surface area contributed by atoms with Crippen LogP contribution in [0.1, 0.15) is 90.9 Å². The third-order valence-electron chi connectivity index (χ3n) is 7.98. The van der Waals surface area contributed by atoms with Crippen molar-refractivity contribution in [1.82, 2.24) is 5.48 Å². The maximum absolute atomic E-state index is 11.3. The van der Waals surface area contributed by atoms with E-state index in [0.717, 1.165) is 44.4 Å². The minimum Gasteiger partial charge on any atom is -0.393 e. The number of carbonyl (C=O) groups is 1. The molecule has 3 N–H and O–H groups in total. The molecule has 0 aromatic rings. The van der Waals surface area contributed by atoms with E-state index in [2.05, 4.69) is 26.0 Å². The summed E-state index contributed by atoms with van der Waals surface area (Å²) in [5, 5.41) is 18.6. The Morgan fingerprint density at radius 3 is 2.82 bits per heavy atom. The molecule has 0 heterocycles. The lowest BCUT2D eigenvalue weighted by Gasteiger charge is -2.44. The highest BCUT2D eigenvalue weighted by Gasteiger charge is 2.50. The second kappa shape index (κ2) is 9.58. The summed E-state index contributed by atoms with van der Waals surface area (Å²) in [6.45, 7) is 4.87. The Balaban J connectivity index is 1.64. The lowest BCUT2D eigenvalue weighted by molar-refractivity contribution is -0.129. The molecule has 2 unspecified atom stereocenters. The number of fused-ring (bicyclic) bond motifs is 1. The summed E-state index contributed by atoms with van der Waals surface area (Å²) in [6, 6.07) is 0. The molecule has 5 atom stereocenters. The van der Waals surface area contributed by atoms with Crippen LogP contribution in [0.2, 0.25) is 0 Å². The lowest BCUT2D eigenvalue weighted by Crippen LogP contribution is -2.36. The van der Waals surface area contributed by atoms with E-state index < -0.39 is 0 Å². The van der Waals surface area contributed by atoms with Gasteiger partial charge in [-0.2, -0.15) is 0 Å². The van der Waals surface area contributed by atoms with Crippen molar-refractivity contribution in [2.75, 3.05) is 0 Å².